The van der Waals surface area contributed by atoms with Gasteiger partial charge in [0, 0.05) is 17.6 Å². The molecule has 2 rings (SSSR count). The number of rotatable bonds is 7. The number of hydrogen-bond acceptors (Lipinski definition) is 2. The van der Waals surface area contributed by atoms with Gasteiger partial charge in [-0.05, 0) is 59.4 Å². The van der Waals surface area contributed by atoms with Gasteiger partial charge in [0.2, 0.25) is 0 Å². The van der Waals surface area contributed by atoms with Crippen LogP contribution in [0.2, 0.25) is 5.02 Å². The lowest BCUT2D eigenvalue weighted by Crippen LogP contribution is -2.20. The van der Waals surface area contributed by atoms with E-state index in [1.807, 2.05) is 6.07 Å². The fourth-order valence-corrected chi connectivity index (χ4v) is 3.11. The second-order valence-corrected chi connectivity index (χ2v) is 6.67. The molecule has 0 spiro atoms. The van der Waals surface area contributed by atoms with Crippen LogP contribution in [0.5, 0.6) is 0 Å². The molecule has 1 N–H and O–H groups in total. The van der Waals surface area contributed by atoms with Crippen molar-refractivity contribution in [2.45, 2.75) is 51.2 Å². The third-order valence-electron chi connectivity index (χ3n) is 3.72. The highest BCUT2D eigenvalue weighted by molar-refractivity contribution is 9.10. The molecule has 0 aromatic heterocycles. The fraction of sp³-hybridized carbons (Fsp3) is 0.625. The maximum absolute atomic E-state index is 5.97. The van der Waals surface area contributed by atoms with E-state index in [-0.39, 0.29) is 0 Å². The van der Waals surface area contributed by atoms with E-state index < -0.39 is 0 Å². The second kappa shape index (κ2) is 9.04. The van der Waals surface area contributed by atoms with Crippen molar-refractivity contribution in [3.63, 3.8) is 0 Å². The van der Waals surface area contributed by atoms with E-state index >= 15 is 0 Å². The van der Waals surface area contributed by atoms with Crippen LogP contribution in [-0.4, -0.2) is 19.3 Å². The first-order valence-corrected chi connectivity index (χ1v) is 8.69. The van der Waals surface area contributed by atoms with E-state index in [2.05, 4.69) is 33.4 Å². The lowest BCUT2D eigenvalue weighted by molar-refractivity contribution is 0.0273. The first-order chi connectivity index (χ1) is 9.75. The largest absolute Gasteiger partial charge is 0.378 e. The Bertz CT molecular complexity index is 407. The summed E-state index contributed by atoms with van der Waals surface area (Å²) in [7, 11) is 0. The second-order valence-electron chi connectivity index (χ2n) is 5.41. The molecule has 1 aromatic rings. The minimum Gasteiger partial charge on any atom is -0.378 e. The van der Waals surface area contributed by atoms with Crippen LogP contribution >= 0.6 is 27.5 Å². The van der Waals surface area contributed by atoms with Crippen molar-refractivity contribution in [3.8, 4) is 0 Å². The van der Waals surface area contributed by atoms with Gasteiger partial charge in [0.05, 0.1) is 11.1 Å². The van der Waals surface area contributed by atoms with Crippen LogP contribution in [0.15, 0.2) is 22.7 Å². The molecule has 0 atom stereocenters. The van der Waals surface area contributed by atoms with Gasteiger partial charge >= 0.3 is 0 Å². The molecule has 4 heteroatoms. The Labute approximate surface area is 135 Å². The van der Waals surface area contributed by atoms with Crippen LogP contribution < -0.4 is 5.32 Å². The monoisotopic (exact) mass is 359 g/mol. The maximum Gasteiger partial charge on any atom is 0.0575 e. The van der Waals surface area contributed by atoms with Crippen molar-refractivity contribution in [1.82, 2.24) is 5.32 Å². The molecule has 0 heterocycles. The Balaban J connectivity index is 1.53. The summed E-state index contributed by atoms with van der Waals surface area (Å²) in [6.45, 7) is 2.74. The fourth-order valence-electron chi connectivity index (χ4n) is 2.56. The zero-order valence-corrected chi connectivity index (χ0v) is 14.2. The SMILES string of the molecule is Clc1ccc(CNCCCOC2CCCCC2)cc1Br. The smallest absolute Gasteiger partial charge is 0.0575 e. The number of halogens is 2. The molecule has 0 amide bonds. The van der Waals surface area contributed by atoms with Crippen molar-refractivity contribution in [3.05, 3.63) is 33.3 Å². The Morgan fingerprint density at radius 1 is 1.25 bits per heavy atom. The number of nitrogens with one attached hydrogen (secondary N) is 1. The predicted octanol–water partition coefficient (Wildman–Crippen LogP) is 4.93. The van der Waals surface area contributed by atoms with Crippen molar-refractivity contribution >= 4 is 27.5 Å². The van der Waals surface area contributed by atoms with Gasteiger partial charge in [-0.3, -0.25) is 0 Å². The molecule has 20 heavy (non-hydrogen) atoms. The molecule has 1 aliphatic carbocycles. The third kappa shape index (κ3) is 5.72. The van der Waals surface area contributed by atoms with E-state index in [0.29, 0.717) is 6.10 Å². The molecule has 112 valence electrons. The summed E-state index contributed by atoms with van der Waals surface area (Å²) in [5, 5.41) is 4.20. The predicted molar refractivity (Wildman–Crippen MR) is 88.3 cm³/mol. The van der Waals surface area contributed by atoms with Gasteiger partial charge < -0.3 is 10.1 Å². The molecule has 1 aromatic carbocycles. The quantitative estimate of drug-likeness (QED) is 0.696. The van der Waals surface area contributed by atoms with Gasteiger partial charge in [-0.15, -0.1) is 0 Å². The van der Waals surface area contributed by atoms with Gasteiger partial charge in [-0.2, -0.15) is 0 Å². The highest BCUT2D eigenvalue weighted by Gasteiger charge is 2.12. The van der Waals surface area contributed by atoms with E-state index in [9.17, 15) is 0 Å². The van der Waals surface area contributed by atoms with Crippen molar-refractivity contribution < 1.29 is 4.74 Å². The van der Waals surface area contributed by atoms with Crippen LogP contribution in [0.4, 0.5) is 0 Å². The Morgan fingerprint density at radius 3 is 2.80 bits per heavy atom. The van der Waals surface area contributed by atoms with Crippen LogP contribution in [0.3, 0.4) is 0 Å². The van der Waals surface area contributed by atoms with Gasteiger partial charge in [-0.25, -0.2) is 0 Å². The van der Waals surface area contributed by atoms with Crippen molar-refractivity contribution in [2.24, 2.45) is 0 Å². The average molecular weight is 361 g/mol. The highest BCUT2D eigenvalue weighted by Crippen LogP contribution is 2.23. The average Bonchev–Trinajstić information content (AvgIpc) is 2.47. The molecular weight excluding hydrogens is 338 g/mol. The summed E-state index contributed by atoms with van der Waals surface area (Å²) >= 11 is 9.42. The van der Waals surface area contributed by atoms with Crippen LogP contribution in [-0.2, 0) is 11.3 Å². The third-order valence-corrected chi connectivity index (χ3v) is 4.93. The van der Waals surface area contributed by atoms with E-state index in [1.54, 1.807) is 0 Å². The maximum atomic E-state index is 5.97. The van der Waals surface area contributed by atoms with E-state index in [0.717, 1.165) is 35.6 Å². The normalized spacial score (nSPS) is 16.5. The summed E-state index contributed by atoms with van der Waals surface area (Å²) < 4.78 is 6.86. The topological polar surface area (TPSA) is 21.3 Å². The number of benzene rings is 1. The zero-order valence-electron chi connectivity index (χ0n) is 11.8. The lowest BCUT2D eigenvalue weighted by atomic mass is 9.98. The Kier molecular flexibility index (Phi) is 7.36. The van der Waals surface area contributed by atoms with Crippen LogP contribution in [0.1, 0.15) is 44.1 Å². The molecule has 2 nitrogen and oxygen atoms in total. The van der Waals surface area contributed by atoms with Crippen LogP contribution in [0, 0.1) is 0 Å². The molecule has 1 saturated carbocycles. The van der Waals surface area contributed by atoms with Gasteiger partial charge in [0.15, 0.2) is 0 Å². The molecule has 1 aliphatic rings. The minimum atomic E-state index is 0.524. The van der Waals surface area contributed by atoms with Gasteiger partial charge in [0.1, 0.15) is 0 Å². The highest BCUT2D eigenvalue weighted by atomic mass is 79.9. The Hall–Kier alpha value is -0.0900. The molecule has 0 saturated heterocycles. The summed E-state index contributed by atoms with van der Waals surface area (Å²) in [6, 6.07) is 6.04. The van der Waals surface area contributed by atoms with E-state index in [1.165, 1.54) is 37.7 Å². The van der Waals surface area contributed by atoms with Crippen molar-refractivity contribution in [1.29, 1.82) is 0 Å². The zero-order chi connectivity index (χ0) is 14.2. The lowest BCUT2D eigenvalue weighted by Gasteiger charge is -2.21. The number of hydrogen-bond donors (Lipinski definition) is 1. The first-order valence-electron chi connectivity index (χ1n) is 7.52. The molecule has 0 aliphatic heterocycles. The van der Waals surface area contributed by atoms with Crippen LogP contribution in [0.25, 0.3) is 0 Å². The molecule has 0 radical (unpaired) electrons. The molecular formula is C16H23BrClNO. The molecule has 0 bridgehead atoms. The first kappa shape index (κ1) is 16.3. The molecule has 1 fully saturated rings. The van der Waals surface area contributed by atoms with Gasteiger partial charge in [0.25, 0.3) is 0 Å². The Morgan fingerprint density at radius 2 is 2.05 bits per heavy atom. The minimum absolute atomic E-state index is 0.524. The van der Waals surface area contributed by atoms with Gasteiger partial charge in [-0.1, -0.05) is 36.9 Å². The summed E-state index contributed by atoms with van der Waals surface area (Å²) in [6.07, 6.45) is 8.18. The standard InChI is InChI=1S/C16H23BrClNO/c17-15-11-13(7-8-16(15)18)12-19-9-4-10-20-14-5-2-1-3-6-14/h7-8,11,14,19H,1-6,9-10,12H2. The van der Waals surface area contributed by atoms with Crippen molar-refractivity contribution in [2.75, 3.05) is 13.2 Å². The number of ether oxygens (including phenoxy) is 1. The summed E-state index contributed by atoms with van der Waals surface area (Å²) in [5.74, 6) is 0. The summed E-state index contributed by atoms with van der Waals surface area (Å²) in [5.41, 5.74) is 1.24. The van der Waals surface area contributed by atoms with E-state index in [4.69, 9.17) is 16.3 Å². The summed E-state index contributed by atoms with van der Waals surface area (Å²) in [4.78, 5) is 0. The molecule has 0 unspecified atom stereocenters.